The van der Waals surface area contributed by atoms with Crippen LogP contribution in [0.2, 0.25) is 0 Å². The summed E-state index contributed by atoms with van der Waals surface area (Å²) in [7, 11) is 0. The van der Waals surface area contributed by atoms with Crippen molar-refractivity contribution in [3.8, 4) is 5.75 Å². The van der Waals surface area contributed by atoms with Gasteiger partial charge < -0.3 is 14.6 Å². The Balaban J connectivity index is 2.93. The van der Waals surface area contributed by atoms with E-state index in [1.165, 1.54) is 18.2 Å². The Morgan fingerprint density at radius 1 is 1.41 bits per heavy atom. The molecule has 5 heteroatoms. The number of benzene rings is 1. The fraction of sp³-hybridized carbons (Fsp3) is 0.167. The molecular weight excluding hydrogens is 224 g/mol. The van der Waals surface area contributed by atoms with Crippen molar-refractivity contribution >= 4 is 16.9 Å². The number of phenolic OH excluding ortho intramolecular Hbond substituents is 1. The predicted octanol–water partition coefficient (Wildman–Crippen LogP) is 1.76. The number of rotatable bonds is 2. The smallest absolute Gasteiger partial charge is 0.372 e. The highest BCUT2D eigenvalue weighted by Crippen LogP contribution is 2.20. The molecule has 0 saturated carbocycles. The summed E-state index contributed by atoms with van der Waals surface area (Å²) in [5.74, 6) is -1.74. The third-order valence-corrected chi connectivity index (χ3v) is 2.52. The molecule has 2 rings (SSSR count). The number of phenols is 1. The van der Waals surface area contributed by atoms with Crippen LogP contribution in [0.1, 0.15) is 23.0 Å². The van der Waals surface area contributed by atoms with Crippen molar-refractivity contribution in [2.45, 2.75) is 13.3 Å². The second-order valence-electron chi connectivity index (χ2n) is 3.58. The second kappa shape index (κ2) is 3.93. The molecule has 1 heterocycles. The van der Waals surface area contributed by atoms with Gasteiger partial charge in [-0.15, -0.1) is 0 Å². The quantitative estimate of drug-likeness (QED) is 0.826. The van der Waals surface area contributed by atoms with Crippen molar-refractivity contribution < 1.29 is 19.4 Å². The fourth-order valence-corrected chi connectivity index (χ4v) is 1.71. The molecule has 0 saturated heterocycles. The van der Waals surface area contributed by atoms with Gasteiger partial charge in [-0.1, -0.05) is 6.92 Å². The van der Waals surface area contributed by atoms with E-state index in [4.69, 9.17) is 9.52 Å². The summed E-state index contributed by atoms with van der Waals surface area (Å²) in [5, 5.41) is 18.5. The van der Waals surface area contributed by atoms with Gasteiger partial charge in [-0.2, -0.15) is 0 Å². The molecule has 0 aliphatic heterocycles. The van der Waals surface area contributed by atoms with E-state index in [-0.39, 0.29) is 39.9 Å². The van der Waals surface area contributed by atoms with Crippen LogP contribution in [0.4, 0.5) is 0 Å². The molecule has 0 radical (unpaired) electrons. The van der Waals surface area contributed by atoms with Crippen molar-refractivity contribution in [2.24, 2.45) is 0 Å². The number of hydrogen-bond acceptors (Lipinski definition) is 4. The maximum atomic E-state index is 12.0. The number of hydrogen-bond donors (Lipinski definition) is 2. The van der Waals surface area contributed by atoms with Gasteiger partial charge in [-0.25, -0.2) is 4.79 Å². The van der Waals surface area contributed by atoms with E-state index >= 15 is 0 Å². The zero-order chi connectivity index (χ0) is 12.6. The molecule has 0 unspecified atom stereocenters. The SMILES string of the molecule is CCc1c(C(=O)O)oc2cc(O)ccc2c1=O. The molecule has 0 atom stereocenters. The molecule has 0 aliphatic carbocycles. The molecule has 2 N–H and O–H groups in total. The van der Waals surface area contributed by atoms with Crippen LogP contribution in [-0.4, -0.2) is 16.2 Å². The van der Waals surface area contributed by atoms with Gasteiger partial charge in [0.1, 0.15) is 11.3 Å². The summed E-state index contributed by atoms with van der Waals surface area (Å²) in [5.41, 5.74) is -0.161. The predicted molar refractivity (Wildman–Crippen MR) is 60.5 cm³/mol. The zero-order valence-corrected chi connectivity index (χ0v) is 9.06. The van der Waals surface area contributed by atoms with Gasteiger partial charge in [0, 0.05) is 6.07 Å². The third-order valence-electron chi connectivity index (χ3n) is 2.52. The third kappa shape index (κ3) is 1.75. The summed E-state index contributed by atoms with van der Waals surface area (Å²) in [6.45, 7) is 1.69. The largest absolute Gasteiger partial charge is 0.508 e. The monoisotopic (exact) mass is 234 g/mol. The first-order chi connectivity index (χ1) is 8.04. The number of carboxylic acid groups (broad SMARTS) is 1. The first-order valence-corrected chi connectivity index (χ1v) is 5.06. The van der Waals surface area contributed by atoms with Gasteiger partial charge >= 0.3 is 5.97 Å². The average molecular weight is 234 g/mol. The van der Waals surface area contributed by atoms with Crippen LogP contribution in [-0.2, 0) is 6.42 Å². The van der Waals surface area contributed by atoms with Crippen LogP contribution in [0.25, 0.3) is 11.0 Å². The Bertz CT molecular complexity index is 654. The molecule has 0 aliphatic rings. The summed E-state index contributed by atoms with van der Waals surface area (Å²) in [6.07, 6.45) is 0.279. The van der Waals surface area contributed by atoms with Crippen molar-refractivity contribution in [3.05, 3.63) is 39.7 Å². The van der Waals surface area contributed by atoms with Crippen molar-refractivity contribution in [1.29, 1.82) is 0 Å². The van der Waals surface area contributed by atoms with Gasteiger partial charge in [-0.3, -0.25) is 4.79 Å². The molecule has 0 bridgehead atoms. The Labute approximate surface area is 95.9 Å². The van der Waals surface area contributed by atoms with E-state index < -0.39 is 5.97 Å². The molecule has 17 heavy (non-hydrogen) atoms. The zero-order valence-electron chi connectivity index (χ0n) is 9.06. The Hall–Kier alpha value is -2.30. The highest BCUT2D eigenvalue weighted by atomic mass is 16.4. The standard InChI is InChI=1S/C12H10O5/c1-2-7-10(14)8-4-3-6(13)5-9(8)17-11(7)12(15)16/h3-5,13H,2H2,1H3,(H,15,16). The van der Waals surface area contributed by atoms with Crippen molar-refractivity contribution in [1.82, 2.24) is 0 Å². The normalized spacial score (nSPS) is 10.6. The fourth-order valence-electron chi connectivity index (χ4n) is 1.71. The van der Waals surface area contributed by atoms with Gasteiger partial charge in [-0.05, 0) is 18.6 Å². The van der Waals surface area contributed by atoms with Crippen molar-refractivity contribution in [2.75, 3.05) is 0 Å². The first-order valence-electron chi connectivity index (χ1n) is 5.06. The number of aromatic hydroxyl groups is 1. The highest BCUT2D eigenvalue weighted by Gasteiger charge is 2.18. The summed E-state index contributed by atoms with van der Waals surface area (Å²) in [4.78, 5) is 23.0. The van der Waals surface area contributed by atoms with E-state index in [1.54, 1.807) is 6.92 Å². The number of aromatic carboxylic acids is 1. The van der Waals surface area contributed by atoms with E-state index in [0.717, 1.165) is 0 Å². The van der Waals surface area contributed by atoms with Crippen LogP contribution < -0.4 is 5.43 Å². The Morgan fingerprint density at radius 3 is 2.71 bits per heavy atom. The second-order valence-corrected chi connectivity index (χ2v) is 3.58. The van der Waals surface area contributed by atoms with Crippen LogP contribution in [0.5, 0.6) is 5.75 Å². The lowest BCUT2D eigenvalue weighted by atomic mass is 10.1. The van der Waals surface area contributed by atoms with E-state index in [0.29, 0.717) is 0 Å². The first kappa shape index (κ1) is 11.2. The molecule has 5 nitrogen and oxygen atoms in total. The lowest BCUT2D eigenvalue weighted by Gasteiger charge is -2.04. The molecule has 0 fully saturated rings. The summed E-state index contributed by atoms with van der Waals surface area (Å²) < 4.78 is 5.15. The molecule has 0 spiro atoms. The number of fused-ring (bicyclic) bond motifs is 1. The maximum Gasteiger partial charge on any atom is 0.372 e. The van der Waals surface area contributed by atoms with Gasteiger partial charge in [0.05, 0.1) is 10.9 Å². The van der Waals surface area contributed by atoms with Crippen LogP contribution >= 0.6 is 0 Å². The highest BCUT2D eigenvalue weighted by molar-refractivity contribution is 5.89. The number of carboxylic acids is 1. The molecule has 1 aromatic heterocycles. The lowest BCUT2D eigenvalue weighted by Crippen LogP contribution is -2.15. The molecular formula is C12H10O5. The van der Waals surface area contributed by atoms with Crippen LogP contribution in [0.3, 0.4) is 0 Å². The van der Waals surface area contributed by atoms with E-state index in [2.05, 4.69) is 0 Å². The van der Waals surface area contributed by atoms with E-state index in [9.17, 15) is 14.7 Å². The Kier molecular flexibility index (Phi) is 2.59. The van der Waals surface area contributed by atoms with Crippen LogP contribution in [0.15, 0.2) is 27.4 Å². The summed E-state index contributed by atoms with van der Waals surface area (Å²) in [6, 6.07) is 4.00. The number of carbonyl (C=O) groups is 1. The van der Waals surface area contributed by atoms with Gasteiger partial charge in [0.25, 0.3) is 0 Å². The van der Waals surface area contributed by atoms with Crippen LogP contribution in [0, 0.1) is 0 Å². The van der Waals surface area contributed by atoms with Gasteiger partial charge in [0.2, 0.25) is 5.76 Å². The minimum absolute atomic E-state index is 0.0737. The maximum absolute atomic E-state index is 12.0. The minimum atomic E-state index is -1.29. The van der Waals surface area contributed by atoms with Crippen molar-refractivity contribution in [3.63, 3.8) is 0 Å². The van der Waals surface area contributed by atoms with E-state index in [1.807, 2.05) is 0 Å². The minimum Gasteiger partial charge on any atom is -0.508 e. The molecule has 2 aromatic rings. The Morgan fingerprint density at radius 2 is 2.12 bits per heavy atom. The van der Waals surface area contributed by atoms with Gasteiger partial charge in [0.15, 0.2) is 5.43 Å². The molecule has 0 amide bonds. The average Bonchev–Trinajstić information content (AvgIpc) is 2.28. The summed E-state index contributed by atoms with van der Waals surface area (Å²) >= 11 is 0. The lowest BCUT2D eigenvalue weighted by molar-refractivity contribution is 0.0661. The molecule has 88 valence electrons. The topological polar surface area (TPSA) is 87.7 Å². The molecule has 1 aromatic carbocycles.